The summed E-state index contributed by atoms with van der Waals surface area (Å²) in [6.07, 6.45) is 2.20. The molecule has 1 aromatic carbocycles. The largest absolute Gasteiger partial charge is 0.493 e. The lowest BCUT2D eigenvalue weighted by Gasteiger charge is -2.35. The molecule has 2 atom stereocenters. The van der Waals surface area contributed by atoms with Crippen LogP contribution in [0.2, 0.25) is 5.02 Å². The maximum atomic E-state index is 12.9. The molecular formula is C16H19ClN2O3. The second kappa shape index (κ2) is 6.16. The van der Waals surface area contributed by atoms with Crippen LogP contribution < -0.4 is 10.5 Å². The minimum Gasteiger partial charge on any atom is -0.493 e. The number of rotatable bonds is 2. The summed E-state index contributed by atoms with van der Waals surface area (Å²) >= 11 is 6.06. The second-order valence-electron chi connectivity index (χ2n) is 5.90. The summed E-state index contributed by atoms with van der Waals surface area (Å²) in [6.45, 7) is 1.61. The molecule has 0 saturated carbocycles. The van der Waals surface area contributed by atoms with Crippen LogP contribution in [0.1, 0.15) is 30.7 Å². The normalized spacial score (nSPS) is 24.3. The molecule has 0 aromatic heterocycles. The van der Waals surface area contributed by atoms with E-state index in [1.807, 2.05) is 0 Å². The van der Waals surface area contributed by atoms with E-state index in [1.165, 1.54) is 0 Å². The number of primary amides is 1. The highest BCUT2D eigenvalue weighted by Crippen LogP contribution is 2.37. The van der Waals surface area contributed by atoms with Gasteiger partial charge in [0.15, 0.2) is 0 Å². The predicted molar refractivity (Wildman–Crippen MR) is 82.8 cm³/mol. The van der Waals surface area contributed by atoms with Gasteiger partial charge in [-0.05, 0) is 37.5 Å². The van der Waals surface area contributed by atoms with Crippen molar-refractivity contribution in [3.05, 3.63) is 28.8 Å². The standard InChI is InChI=1S/C16H19ClN2O3/c17-11-3-4-14-13(8-11)12(5-7-22-14)16(21)19-6-1-2-10(9-19)15(18)20/h3-4,8,10,12H,1-2,5-7,9H2,(H2,18,20)/t10-,12-/m0/s1. The Balaban J connectivity index is 1.81. The van der Waals surface area contributed by atoms with Crippen LogP contribution in [0.5, 0.6) is 5.75 Å². The Labute approximate surface area is 134 Å². The molecule has 0 bridgehead atoms. The summed E-state index contributed by atoms with van der Waals surface area (Å²) in [5.41, 5.74) is 6.23. The molecule has 0 unspecified atom stereocenters. The van der Waals surface area contributed by atoms with Gasteiger partial charge in [-0.2, -0.15) is 0 Å². The molecule has 2 amide bonds. The van der Waals surface area contributed by atoms with Crippen LogP contribution >= 0.6 is 11.6 Å². The van der Waals surface area contributed by atoms with Crippen LogP contribution in [0.15, 0.2) is 18.2 Å². The van der Waals surface area contributed by atoms with E-state index < -0.39 is 0 Å². The Bertz CT molecular complexity index is 605. The van der Waals surface area contributed by atoms with Gasteiger partial charge in [0, 0.05) is 23.7 Å². The Morgan fingerprint density at radius 2 is 2.14 bits per heavy atom. The average Bonchev–Trinajstić information content (AvgIpc) is 2.53. The Hall–Kier alpha value is -1.75. The molecule has 1 saturated heterocycles. The monoisotopic (exact) mass is 322 g/mol. The third-order valence-electron chi connectivity index (χ3n) is 4.44. The number of hydrogen-bond donors (Lipinski definition) is 1. The lowest BCUT2D eigenvalue weighted by atomic mass is 9.90. The number of piperidine rings is 1. The number of halogens is 1. The molecule has 2 heterocycles. The van der Waals surface area contributed by atoms with Crippen LogP contribution in [0.25, 0.3) is 0 Å². The number of fused-ring (bicyclic) bond motifs is 1. The zero-order valence-electron chi connectivity index (χ0n) is 12.3. The van der Waals surface area contributed by atoms with E-state index in [0.29, 0.717) is 31.1 Å². The number of carbonyl (C=O) groups is 2. The molecule has 2 N–H and O–H groups in total. The quantitative estimate of drug-likeness (QED) is 0.904. The molecule has 3 rings (SSSR count). The van der Waals surface area contributed by atoms with E-state index in [1.54, 1.807) is 23.1 Å². The average molecular weight is 323 g/mol. The highest BCUT2D eigenvalue weighted by molar-refractivity contribution is 6.30. The summed E-state index contributed by atoms with van der Waals surface area (Å²) in [7, 11) is 0. The van der Waals surface area contributed by atoms with Crippen molar-refractivity contribution in [3.63, 3.8) is 0 Å². The van der Waals surface area contributed by atoms with Crippen LogP contribution in [0.3, 0.4) is 0 Å². The Morgan fingerprint density at radius 3 is 2.91 bits per heavy atom. The van der Waals surface area contributed by atoms with Crippen molar-refractivity contribution >= 4 is 23.4 Å². The minimum atomic E-state index is -0.326. The van der Waals surface area contributed by atoms with Crippen LogP contribution in [0.4, 0.5) is 0 Å². The van der Waals surface area contributed by atoms with Gasteiger partial charge in [-0.15, -0.1) is 0 Å². The van der Waals surface area contributed by atoms with Gasteiger partial charge in [-0.1, -0.05) is 11.6 Å². The van der Waals surface area contributed by atoms with Gasteiger partial charge in [-0.25, -0.2) is 0 Å². The zero-order valence-corrected chi connectivity index (χ0v) is 13.0. The zero-order chi connectivity index (χ0) is 15.7. The van der Waals surface area contributed by atoms with Crippen molar-refractivity contribution in [1.82, 2.24) is 4.90 Å². The van der Waals surface area contributed by atoms with Crippen molar-refractivity contribution in [1.29, 1.82) is 0 Å². The lowest BCUT2D eigenvalue weighted by Crippen LogP contribution is -2.46. The van der Waals surface area contributed by atoms with E-state index in [-0.39, 0.29) is 23.7 Å². The Kier molecular flexibility index (Phi) is 4.25. The first kappa shape index (κ1) is 15.2. The summed E-state index contributed by atoms with van der Waals surface area (Å²) in [5, 5.41) is 0.593. The fourth-order valence-electron chi connectivity index (χ4n) is 3.25. The van der Waals surface area contributed by atoms with Gasteiger partial charge in [0.1, 0.15) is 5.75 Å². The number of benzene rings is 1. The fourth-order valence-corrected chi connectivity index (χ4v) is 3.43. The molecule has 0 aliphatic carbocycles. The van der Waals surface area contributed by atoms with E-state index in [0.717, 1.165) is 24.2 Å². The summed E-state index contributed by atoms with van der Waals surface area (Å²) in [4.78, 5) is 26.0. The van der Waals surface area contributed by atoms with Crippen molar-refractivity contribution in [3.8, 4) is 5.75 Å². The minimum absolute atomic E-state index is 0.0396. The predicted octanol–water partition coefficient (Wildman–Crippen LogP) is 1.93. The molecule has 1 aromatic rings. The van der Waals surface area contributed by atoms with E-state index in [2.05, 4.69) is 0 Å². The molecular weight excluding hydrogens is 304 g/mol. The number of ether oxygens (including phenoxy) is 1. The van der Waals surface area contributed by atoms with E-state index in [9.17, 15) is 9.59 Å². The summed E-state index contributed by atoms with van der Waals surface area (Å²) in [6, 6.07) is 5.37. The molecule has 5 nitrogen and oxygen atoms in total. The highest BCUT2D eigenvalue weighted by Gasteiger charge is 2.34. The Morgan fingerprint density at radius 1 is 1.32 bits per heavy atom. The number of likely N-dealkylation sites (tertiary alicyclic amines) is 1. The van der Waals surface area contributed by atoms with Crippen molar-refractivity contribution in [2.24, 2.45) is 11.7 Å². The van der Waals surface area contributed by atoms with Crippen LogP contribution in [-0.4, -0.2) is 36.4 Å². The second-order valence-corrected chi connectivity index (χ2v) is 6.33. The van der Waals surface area contributed by atoms with Gasteiger partial charge in [0.05, 0.1) is 18.4 Å². The van der Waals surface area contributed by atoms with Crippen LogP contribution in [-0.2, 0) is 9.59 Å². The van der Waals surface area contributed by atoms with Crippen molar-refractivity contribution in [2.45, 2.75) is 25.2 Å². The maximum Gasteiger partial charge on any atom is 0.230 e. The molecule has 2 aliphatic rings. The van der Waals surface area contributed by atoms with E-state index in [4.69, 9.17) is 22.1 Å². The third kappa shape index (κ3) is 2.90. The number of amides is 2. The molecule has 0 radical (unpaired) electrons. The van der Waals surface area contributed by atoms with Crippen LogP contribution in [0, 0.1) is 5.92 Å². The number of nitrogens with two attached hydrogens (primary N) is 1. The maximum absolute atomic E-state index is 12.9. The molecule has 22 heavy (non-hydrogen) atoms. The topological polar surface area (TPSA) is 72.6 Å². The van der Waals surface area contributed by atoms with E-state index >= 15 is 0 Å². The van der Waals surface area contributed by atoms with Gasteiger partial charge < -0.3 is 15.4 Å². The lowest BCUT2D eigenvalue weighted by molar-refractivity contribution is -0.137. The molecule has 0 spiro atoms. The smallest absolute Gasteiger partial charge is 0.230 e. The van der Waals surface area contributed by atoms with Gasteiger partial charge in [0.25, 0.3) is 0 Å². The molecule has 6 heteroatoms. The summed E-state index contributed by atoms with van der Waals surface area (Å²) in [5.74, 6) is -0.0615. The number of hydrogen-bond acceptors (Lipinski definition) is 3. The van der Waals surface area contributed by atoms with Crippen molar-refractivity contribution < 1.29 is 14.3 Å². The van der Waals surface area contributed by atoms with Gasteiger partial charge >= 0.3 is 0 Å². The molecule has 2 aliphatic heterocycles. The number of carbonyl (C=O) groups excluding carboxylic acids is 2. The van der Waals surface area contributed by atoms with Gasteiger partial charge in [-0.3, -0.25) is 9.59 Å². The molecule has 1 fully saturated rings. The summed E-state index contributed by atoms with van der Waals surface area (Å²) < 4.78 is 5.60. The molecule has 118 valence electrons. The first-order valence-corrected chi connectivity index (χ1v) is 7.94. The highest BCUT2D eigenvalue weighted by atomic mass is 35.5. The van der Waals surface area contributed by atoms with Gasteiger partial charge in [0.2, 0.25) is 11.8 Å². The SMILES string of the molecule is NC(=O)[C@H]1CCCN(C(=O)[C@H]2CCOc3ccc(Cl)cc32)C1. The fraction of sp³-hybridized carbons (Fsp3) is 0.500. The first-order valence-electron chi connectivity index (χ1n) is 7.56. The third-order valence-corrected chi connectivity index (χ3v) is 4.68. The number of nitrogens with zero attached hydrogens (tertiary/aromatic N) is 1. The van der Waals surface area contributed by atoms with Crippen molar-refractivity contribution in [2.75, 3.05) is 19.7 Å². The first-order chi connectivity index (χ1) is 10.6.